The number of likely N-dealkylation sites (N-methyl/N-ethyl adjacent to an activating group) is 1. The minimum absolute atomic E-state index is 0.0230. The Hall–Kier alpha value is -1.72. The first-order chi connectivity index (χ1) is 10.7. The summed E-state index contributed by atoms with van der Waals surface area (Å²) in [7, 11) is 2.18. The molecule has 5 heteroatoms. The molecule has 0 amide bonds. The van der Waals surface area contributed by atoms with Gasteiger partial charge in [-0.1, -0.05) is 6.07 Å². The molecular weight excluding hydrogens is 278 g/mol. The number of aliphatic hydroxyl groups is 1. The number of aliphatic hydroxyl groups excluding tert-OH is 1. The molecule has 2 atom stereocenters. The second-order valence-corrected chi connectivity index (χ2v) is 6.52. The predicted octanol–water partition coefficient (Wildman–Crippen LogP) is 1.47. The summed E-state index contributed by atoms with van der Waals surface area (Å²) in [5, 5.41) is 9.97. The number of hydrogen-bond acceptors (Lipinski definition) is 4. The Labute approximate surface area is 129 Å². The van der Waals surface area contributed by atoms with Crippen LogP contribution < -0.4 is 5.56 Å². The lowest BCUT2D eigenvalue weighted by Gasteiger charge is -2.42. The van der Waals surface area contributed by atoms with E-state index in [0.29, 0.717) is 17.3 Å². The van der Waals surface area contributed by atoms with E-state index in [-0.39, 0.29) is 12.2 Å². The van der Waals surface area contributed by atoms with Gasteiger partial charge in [-0.3, -0.25) is 9.36 Å². The third-order valence-corrected chi connectivity index (χ3v) is 5.27. The number of aromatic nitrogens is 2. The van der Waals surface area contributed by atoms with E-state index in [0.717, 1.165) is 49.3 Å². The van der Waals surface area contributed by atoms with E-state index in [2.05, 4.69) is 11.9 Å². The molecule has 5 nitrogen and oxygen atoms in total. The van der Waals surface area contributed by atoms with Gasteiger partial charge in [0.1, 0.15) is 5.82 Å². The maximum atomic E-state index is 12.8. The van der Waals surface area contributed by atoms with Crippen LogP contribution in [0.1, 0.15) is 36.6 Å². The Balaban J connectivity index is 1.92. The minimum Gasteiger partial charge on any atom is -0.392 e. The number of hydrogen-bond donors (Lipinski definition) is 1. The summed E-state index contributed by atoms with van der Waals surface area (Å²) in [6.07, 6.45) is 3.28. The van der Waals surface area contributed by atoms with Crippen LogP contribution in [0.5, 0.6) is 0 Å². The molecule has 2 aliphatic heterocycles. The number of rotatable bonds is 1. The van der Waals surface area contributed by atoms with Crippen molar-refractivity contribution < 1.29 is 5.11 Å². The average Bonchev–Trinajstić information content (AvgIpc) is 2.55. The van der Waals surface area contributed by atoms with E-state index >= 15 is 0 Å². The summed E-state index contributed by atoms with van der Waals surface area (Å²) in [4.78, 5) is 20.0. The molecule has 1 aromatic heterocycles. The molecule has 0 spiro atoms. The highest BCUT2D eigenvalue weighted by molar-refractivity contribution is 5.78. The van der Waals surface area contributed by atoms with E-state index in [9.17, 15) is 9.90 Å². The van der Waals surface area contributed by atoms with Gasteiger partial charge < -0.3 is 10.0 Å². The summed E-state index contributed by atoms with van der Waals surface area (Å²) in [5.74, 6) is 1.29. The maximum Gasteiger partial charge on any atom is 0.261 e. The van der Waals surface area contributed by atoms with Gasteiger partial charge in [0.05, 0.1) is 17.5 Å². The van der Waals surface area contributed by atoms with Gasteiger partial charge in [-0.15, -0.1) is 0 Å². The quantitative estimate of drug-likeness (QED) is 0.866. The van der Waals surface area contributed by atoms with Crippen molar-refractivity contribution in [1.82, 2.24) is 14.5 Å². The van der Waals surface area contributed by atoms with Crippen molar-refractivity contribution in [2.24, 2.45) is 0 Å². The van der Waals surface area contributed by atoms with Crippen LogP contribution in [0.2, 0.25) is 0 Å². The van der Waals surface area contributed by atoms with Gasteiger partial charge in [0, 0.05) is 18.5 Å². The SMILES string of the molecule is CN1CCC[C@H]2c3nc4cc(CO)ccc4c(=O)n3CC[C@H]21. The number of fused-ring (bicyclic) bond motifs is 4. The van der Waals surface area contributed by atoms with Crippen molar-refractivity contribution in [2.75, 3.05) is 13.6 Å². The zero-order valence-corrected chi connectivity index (χ0v) is 12.8. The normalized spacial score (nSPS) is 25.0. The first kappa shape index (κ1) is 13.9. The molecular formula is C17H21N3O2. The Bertz CT molecular complexity index is 783. The summed E-state index contributed by atoms with van der Waals surface area (Å²) in [6, 6.07) is 5.94. The molecule has 1 N–H and O–H groups in total. The third-order valence-electron chi connectivity index (χ3n) is 5.27. The van der Waals surface area contributed by atoms with Crippen LogP contribution in [0.25, 0.3) is 10.9 Å². The molecule has 3 heterocycles. The van der Waals surface area contributed by atoms with Crippen LogP contribution in [-0.2, 0) is 13.2 Å². The molecule has 0 unspecified atom stereocenters. The monoisotopic (exact) mass is 299 g/mol. The summed E-state index contributed by atoms with van der Waals surface area (Å²) in [6.45, 7) is 1.86. The van der Waals surface area contributed by atoms with Crippen molar-refractivity contribution in [2.45, 2.75) is 44.4 Å². The number of likely N-dealkylation sites (tertiary alicyclic amines) is 1. The van der Waals surface area contributed by atoms with Crippen molar-refractivity contribution in [3.05, 3.63) is 39.9 Å². The first-order valence-electron chi connectivity index (χ1n) is 8.03. The van der Waals surface area contributed by atoms with Crippen LogP contribution in [0.15, 0.2) is 23.0 Å². The zero-order chi connectivity index (χ0) is 15.3. The van der Waals surface area contributed by atoms with Crippen molar-refractivity contribution in [3.63, 3.8) is 0 Å². The fraction of sp³-hybridized carbons (Fsp3) is 0.529. The topological polar surface area (TPSA) is 58.4 Å². The van der Waals surface area contributed by atoms with Gasteiger partial charge in [-0.25, -0.2) is 4.98 Å². The van der Waals surface area contributed by atoms with Crippen LogP contribution in [0.4, 0.5) is 0 Å². The molecule has 1 fully saturated rings. The molecule has 0 saturated carbocycles. The summed E-state index contributed by atoms with van der Waals surface area (Å²) < 4.78 is 1.88. The predicted molar refractivity (Wildman–Crippen MR) is 84.9 cm³/mol. The Morgan fingerprint density at radius 2 is 2.18 bits per heavy atom. The fourth-order valence-corrected chi connectivity index (χ4v) is 4.09. The lowest BCUT2D eigenvalue weighted by Crippen LogP contribution is -2.47. The average molecular weight is 299 g/mol. The van der Waals surface area contributed by atoms with Gasteiger partial charge in [0.15, 0.2) is 0 Å². The van der Waals surface area contributed by atoms with Crippen LogP contribution >= 0.6 is 0 Å². The van der Waals surface area contributed by atoms with Gasteiger partial charge in [0.2, 0.25) is 0 Å². The minimum atomic E-state index is -0.0230. The molecule has 4 rings (SSSR count). The second kappa shape index (κ2) is 5.18. The lowest BCUT2D eigenvalue weighted by molar-refractivity contribution is 0.123. The van der Waals surface area contributed by atoms with E-state index in [1.165, 1.54) is 0 Å². The van der Waals surface area contributed by atoms with Gasteiger partial charge >= 0.3 is 0 Å². The number of piperidine rings is 1. The Morgan fingerprint density at radius 3 is 3.00 bits per heavy atom. The van der Waals surface area contributed by atoms with Gasteiger partial charge in [0.25, 0.3) is 5.56 Å². The number of benzene rings is 1. The molecule has 0 aliphatic carbocycles. The summed E-state index contributed by atoms with van der Waals surface area (Å²) >= 11 is 0. The highest BCUT2D eigenvalue weighted by Gasteiger charge is 2.36. The molecule has 2 aliphatic rings. The summed E-state index contributed by atoms with van der Waals surface area (Å²) in [5.41, 5.74) is 1.59. The van der Waals surface area contributed by atoms with Crippen molar-refractivity contribution >= 4 is 10.9 Å². The standard InChI is InChI=1S/C17H21N3O2/c1-19-7-2-3-13-15(19)6-8-20-16(13)18-14-9-11(10-21)4-5-12(14)17(20)22/h4-5,9,13,15,21H,2-3,6-8,10H2,1H3/t13-,15-/m1/s1. The van der Waals surface area contributed by atoms with Crippen LogP contribution in [0, 0.1) is 0 Å². The lowest BCUT2D eigenvalue weighted by atomic mass is 9.84. The van der Waals surface area contributed by atoms with Crippen molar-refractivity contribution in [3.8, 4) is 0 Å². The Morgan fingerprint density at radius 1 is 1.32 bits per heavy atom. The molecule has 0 radical (unpaired) electrons. The smallest absolute Gasteiger partial charge is 0.261 e. The highest BCUT2D eigenvalue weighted by atomic mass is 16.3. The first-order valence-corrected chi connectivity index (χ1v) is 8.03. The Kier molecular flexibility index (Phi) is 3.27. The van der Waals surface area contributed by atoms with Gasteiger partial charge in [-0.2, -0.15) is 0 Å². The maximum absolute atomic E-state index is 12.8. The van der Waals surface area contributed by atoms with E-state index in [1.807, 2.05) is 10.6 Å². The third kappa shape index (κ3) is 2.00. The molecule has 1 aromatic carbocycles. The fourth-order valence-electron chi connectivity index (χ4n) is 4.09. The second-order valence-electron chi connectivity index (χ2n) is 6.52. The number of nitrogens with zero attached hydrogens (tertiary/aromatic N) is 3. The molecule has 1 saturated heterocycles. The molecule has 0 bridgehead atoms. The van der Waals surface area contributed by atoms with Gasteiger partial charge in [-0.05, 0) is 50.6 Å². The zero-order valence-electron chi connectivity index (χ0n) is 12.8. The molecule has 2 aromatic rings. The van der Waals surface area contributed by atoms with E-state index in [1.54, 1.807) is 12.1 Å². The molecule has 22 heavy (non-hydrogen) atoms. The van der Waals surface area contributed by atoms with Crippen LogP contribution in [0.3, 0.4) is 0 Å². The van der Waals surface area contributed by atoms with E-state index in [4.69, 9.17) is 4.98 Å². The van der Waals surface area contributed by atoms with E-state index < -0.39 is 0 Å². The largest absolute Gasteiger partial charge is 0.392 e. The van der Waals surface area contributed by atoms with Crippen LogP contribution in [-0.4, -0.2) is 39.2 Å². The van der Waals surface area contributed by atoms with Crippen molar-refractivity contribution in [1.29, 1.82) is 0 Å². The molecule has 116 valence electrons. The highest BCUT2D eigenvalue weighted by Crippen LogP contribution is 2.36.